The molecule has 0 bridgehead atoms. The first kappa shape index (κ1) is 21.8. The quantitative estimate of drug-likeness (QED) is 0.439. The minimum atomic E-state index is -3.58. The van der Waals surface area contributed by atoms with Crippen molar-refractivity contribution in [2.75, 3.05) is 26.3 Å². The normalized spacial score (nSPS) is 15.0. The van der Waals surface area contributed by atoms with Crippen molar-refractivity contribution < 1.29 is 17.9 Å². The molecule has 0 aliphatic carbocycles. The van der Waals surface area contributed by atoms with E-state index >= 15 is 0 Å². The maximum absolute atomic E-state index is 12.9. The van der Waals surface area contributed by atoms with Gasteiger partial charge in [0.25, 0.3) is 5.91 Å². The van der Waals surface area contributed by atoms with Gasteiger partial charge in [0.15, 0.2) is 0 Å². The molecule has 1 amide bonds. The summed E-state index contributed by atoms with van der Waals surface area (Å²) in [4.78, 5) is 21.4. The van der Waals surface area contributed by atoms with Crippen LogP contribution in [0.4, 0.5) is 0 Å². The molecule has 5 rings (SSSR count). The van der Waals surface area contributed by atoms with Crippen LogP contribution in [0.3, 0.4) is 0 Å². The van der Waals surface area contributed by atoms with Gasteiger partial charge in [-0.15, -0.1) is 11.3 Å². The Balaban J connectivity index is 1.28. The number of rotatable bonds is 6. The summed E-state index contributed by atoms with van der Waals surface area (Å²) in [5.41, 5.74) is 3.09. The van der Waals surface area contributed by atoms with Gasteiger partial charge in [-0.25, -0.2) is 13.4 Å². The van der Waals surface area contributed by atoms with Gasteiger partial charge < -0.3 is 15.0 Å². The highest BCUT2D eigenvalue weighted by atomic mass is 32.2. The maximum Gasteiger partial charge on any atom is 0.252 e. The average Bonchev–Trinajstić information content (AvgIpc) is 3.51. The SMILES string of the molecule is O=C(NCc1cccc(S(=O)(=O)N2CCOCC2)c1)c1csc(-c2c[nH]c3ncccc23)c1. The number of nitrogens with one attached hydrogen (secondary N) is 2. The third-order valence-corrected chi connectivity index (χ3v) is 8.40. The monoisotopic (exact) mass is 482 g/mol. The zero-order valence-electron chi connectivity index (χ0n) is 17.7. The summed E-state index contributed by atoms with van der Waals surface area (Å²) in [6, 6.07) is 12.4. The van der Waals surface area contributed by atoms with Gasteiger partial charge >= 0.3 is 0 Å². The molecule has 10 heteroatoms. The first-order valence-corrected chi connectivity index (χ1v) is 12.8. The molecule has 0 spiro atoms. The minimum absolute atomic E-state index is 0.211. The molecule has 1 aliphatic heterocycles. The fourth-order valence-electron chi connectivity index (χ4n) is 3.79. The number of nitrogens with zero attached hydrogens (tertiary/aromatic N) is 2. The lowest BCUT2D eigenvalue weighted by Crippen LogP contribution is -2.40. The van der Waals surface area contributed by atoms with Crippen LogP contribution in [-0.4, -0.2) is 54.9 Å². The van der Waals surface area contributed by atoms with Gasteiger partial charge in [0.05, 0.1) is 23.7 Å². The highest BCUT2D eigenvalue weighted by Gasteiger charge is 2.26. The van der Waals surface area contributed by atoms with Crippen LogP contribution in [0.1, 0.15) is 15.9 Å². The smallest absolute Gasteiger partial charge is 0.252 e. The van der Waals surface area contributed by atoms with Crippen molar-refractivity contribution in [1.29, 1.82) is 0 Å². The zero-order valence-corrected chi connectivity index (χ0v) is 19.3. The number of aromatic nitrogens is 2. The Morgan fingerprint density at radius 2 is 2.03 bits per heavy atom. The van der Waals surface area contributed by atoms with Crippen molar-refractivity contribution in [1.82, 2.24) is 19.6 Å². The van der Waals surface area contributed by atoms with Crippen LogP contribution in [0.25, 0.3) is 21.5 Å². The van der Waals surface area contributed by atoms with E-state index in [1.54, 1.807) is 30.5 Å². The summed E-state index contributed by atoms with van der Waals surface area (Å²) in [6.07, 6.45) is 3.63. The summed E-state index contributed by atoms with van der Waals surface area (Å²) < 4.78 is 32.5. The van der Waals surface area contributed by atoms with Crippen molar-refractivity contribution in [3.8, 4) is 10.4 Å². The van der Waals surface area contributed by atoms with E-state index < -0.39 is 10.0 Å². The second-order valence-electron chi connectivity index (χ2n) is 7.65. The Hall–Kier alpha value is -3.05. The van der Waals surface area contributed by atoms with Gasteiger partial charge in [-0.3, -0.25) is 4.79 Å². The van der Waals surface area contributed by atoms with Gasteiger partial charge in [-0.2, -0.15) is 4.31 Å². The van der Waals surface area contributed by atoms with E-state index in [0.717, 1.165) is 27.0 Å². The van der Waals surface area contributed by atoms with Crippen LogP contribution >= 0.6 is 11.3 Å². The minimum Gasteiger partial charge on any atom is -0.379 e. The molecule has 8 nitrogen and oxygen atoms in total. The van der Waals surface area contributed by atoms with Gasteiger partial charge in [0, 0.05) is 53.2 Å². The molecule has 1 aromatic carbocycles. The predicted octanol–water partition coefficient (Wildman–Crippen LogP) is 3.24. The largest absolute Gasteiger partial charge is 0.379 e. The topological polar surface area (TPSA) is 104 Å². The van der Waals surface area contributed by atoms with E-state index in [0.29, 0.717) is 31.9 Å². The Morgan fingerprint density at radius 3 is 2.88 bits per heavy atom. The maximum atomic E-state index is 12.9. The third-order valence-electron chi connectivity index (χ3n) is 5.54. The molecule has 0 radical (unpaired) electrons. The fourth-order valence-corrected chi connectivity index (χ4v) is 6.19. The number of ether oxygens (including phenoxy) is 1. The van der Waals surface area contributed by atoms with Crippen molar-refractivity contribution in [3.05, 3.63) is 71.4 Å². The van der Waals surface area contributed by atoms with E-state index in [9.17, 15) is 13.2 Å². The highest BCUT2D eigenvalue weighted by Crippen LogP contribution is 2.32. The predicted molar refractivity (Wildman–Crippen MR) is 127 cm³/mol. The summed E-state index contributed by atoms with van der Waals surface area (Å²) in [6.45, 7) is 1.71. The molecule has 0 unspecified atom stereocenters. The number of amides is 1. The van der Waals surface area contributed by atoms with Crippen molar-refractivity contribution in [3.63, 3.8) is 0 Å². The van der Waals surface area contributed by atoms with Gasteiger partial charge in [-0.05, 0) is 35.9 Å². The number of pyridine rings is 1. The lowest BCUT2D eigenvalue weighted by Gasteiger charge is -2.26. The highest BCUT2D eigenvalue weighted by molar-refractivity contribution is 7.89. The molecule has 1 fully saturated rings. The number of aromatic amines is 1. The molecule has 33 heavy (non-hydrogen) atoms. The van der Waals surface area contributed by atoms with Crippen molar-refractivity contribution >= 4 is 38.3 Å². The molecule has 1 aliphatic rings. The number of H-pyrrole nitrogens is 1. The Labute approximate surface area is 195 Å². The molecule has 0 atom stereocenters. The summed E-state index contributed by atoms with van der Waals surface area (Å²) in [5, 5.41) is 5.71. The Kier molecular flexibility index (Phi) is 5.98. The standard InChI is InChI=1S/C23H22N4O4S2/c28-23(17-12-21(32-15-17)20-14-25-22-19(20)5-2-6-24-22)26-13-16-3-1-4-18(11-16)33(29,30)27-7-9-31-10-8-27/h1-6,11-12,14-15H,7-10,13H2,(H,24,25)(H,26,28). The number of hydrogen-bond acceptors (Lipinski definition) is 6. The lowest BCUT2D eigenvalue weighted by atomic mass is 10.1. The van der Waals surface area contributed by atoms with Crippen molar-refractivity contribution in [2.45, 2.75) is 11.4 Å². The van der Waals surface area contributed by atoms with Crippen LogP contribution in [0, 0.1) is 0 Å². The van der Waals surface area contributed by atoms with Gasteiger partial charge in [-0.1, -0.05) is 12.1 Å². The third kappa shape index (κ3) is 4.42. The molecular formula is C23H22N4O4S2. The zero-order chi connectivity index (χ0) is 22.8. The Bertz CT molecular complexity index is 1400. The number of sulfonamides is 1. The van der Waals surface area contributed by atoms with E-state index in [2.05, 4.69) is 15.3 Å². The number of thiophene rings is 1. The first-order chi connectivity index (χ1) is 16.0. The molecule has 4 aromatic rings. The number of carbonyl (C=O) groups is 1. The Morgan fingerprint density at radius 1 is 1.18 bits per heavy atom. The van der Waals surface area contributed by atoms with E-state index in [4.69, 9.17) is 4.74 Å². The summed E-state index contributed by atoms with van der Waals surface area (Å²) in [5.74, 6) is -0.211. The molecule has 1 saturated heterocycles. The molecular weight excluding hydrogens is 460 g/mol. The summed E-state index contributed by atoms with van der Waals surface area (Å²) >= 11 is 1.49. The second-order valence-corrected chi connectivity index (χ2v) is 10.5. The number of benzene rings is 1. The number of hydrogen-bond donors (Lipinski definition) is 2. The van der Waals surface area contributed by atoms with Crippen LogP contribution in [-0.2, 0) is 21.3 Å². The van der Waals surface area contributed by atoms with E-state index in [-0.39, 0.29) is 17.3 Å². The van der Waals surface area contributed by atoms with Gasteiger partial charge in [0.1, 0.15) is 5.65 Å². The van der Waals surface area contributed by atoms with Crippen LogP contribution < -0.4 is 5.32 Å². The summed E-state index contributed by atoms with van der Waals surface area (Å²) in [7, 11) is -3.58. The molecule has 170 valence electrons. The van der Waals surface area contributed by atoms with Gasteiger partial charge in [0.2, 0.25) is 10.0 Å². The van der Waals surface area contributed by atoms with Crippen LogP contribution in [0.15, 0.2) is 65.1 Å². The van der Waals surface area contributed by atoms with E-state index in [1.807, 2.05) is 29.8 Å². The van der Waals surface area contributed by atoms with Crippen LogP contribution in [0.5, 0.6) is 0 Å². The number of fused-ring (bicyclic) bond motifs is 1. The molecule has 3 aromatic heterocycles. The lowest BCUT2D eigenvalue weighted by molar-refractivity contribution is 0.0730. The molecule has 0 saturated carbocycles. The first-order valence-electron chi connectivity index (χ1n) is 10.5. The second kappa shape index (κ2) is 9.06. The average molecular weight is 483 g/mol. The number of morpholine rings is 1. The fraction of sp³-hybridized carbons (Fsp3) is 0.217. The number of carbonyl (C=O) groups excluding carboxylic acids is 1. The molecule has 4 heterocycles. The molecule has 2 N–H and O–H groups in total. The van der Waals surface area contributed by atoms with Crippen LogP contribution in [0.2, 0.25) is 0 Å². The van der Waals surface area contributed by atoms with Crippen molar-refractivity contribution in [2.24, 2.45) is 0 Å². The van der Waals surface area contributed by atoms with E-state index in [1.165, 1.54) is 15.6 Å².